The summed E-state index contributed by atoms with van der Waals surface area (Å²) >= 11 is 7.68. The average molecular weight is 392 g/mol. The molecule has 2 aliphatic rings. The minimum Gasteiger partial charge on any atom is -0.343 e. The van der Waals surface area contributed by atoms with Gasteiger partial charge in [-0.05, 0) is 48.0 Å². The van der Waals surface area contributed by atoms with Gasteiger partial charge in [-0.25, -0.2) is 0 Å². The van der Waals surface area contributed by atoms with Gasteiger partial charge in [0.15, 0.2) is 11.6 Å². The molecule has 27 heavy (non-hydrogen) atoms. The standard InChI is InChI=1S/C22H14ClNO2S/c1-24-16-4-2-3-5-18(16)27-19-10-12(6-9-17(19)24)20-21(25)14-8-7-13(23)11-15(14)22(20)26/h2-11,20H,1H3. The second-order valence-electron chi connectivity index (χ2n) is 6.71. The van der Waals surface area contributed by atoms with Crippen LogP contribution in [0.25, 0.3) is 0 Å². The quantitative estimate of drug-likeness (QED) is 0.496. The number of Topliss-reactive ketones (excluding diaryl/α,β-unsaturated/α-hetero) is 2. The molecule has 1 aliphatic carbocycles. The van der Waals surface area contributed by atoms with Gasteiger partial charge in [-0.15, -0.1) is 0 Å². The Kier molecular flexibility index (Phi) is 3.67. The third-order valence-corrected chi connectivity index (χ3v) is 6.51. The number of hydrogen-bond acceptors (Lipinski definition) is 4. The van der Waals surface area contributed by atoms with E-state index in [-0.39, 0.29) is 11.6 Å². The summed E-state index contributed by atoms with van der Waals surface area (Å²) in [6.07, 6.45) is 0. The first kappa shape index (κ1) is 16.6. The molecule has 0 saturated carbocycles. The molecular weight excluding hydrogens is 378 g/mol. The van der Waals surface area contributed by atoms with E-state index < -0.39 is 5.92 Å². The van der Waals surface area contributed by atoms with Gasteiger partial charge in [0.1, 0.15) is 5.92 Å². The molecule has 0 fully saturated rings. The van der Waals surface area contributed by atoms with Crippen molar-refractivity contribution in [3.63, 3.8) is 0 Å². The number of carbonyl (C=O) groups is 2. The van der Waals surface area contributed by atoms with E-state index in [1.165, 1.54) is 0 Å². The van der Waals surface area contributed by atoms with Crippen molar-refractivity contribution in [2.24, 2.45) is 0 Å². The van der Waals surface area contributed by atoms with E-state index in [1.54, 1.807) is 30.0 Å². The molecule has 132 valence electrons. The summed E-state index contributed by atoms with van der Waals surface area (Å²) < 4.78 is 0. The Hall–Kier alpha value is -2.56. The maximum Gasteiger partial charge on any atom is 0.178 e. The van der Waals surface area contributed by atoms with Crippen LogP contribution < -0.4 is 4.90 Å². The van der Waals surface area contributed by atoms with Crippen LogP contribution in [0.3, 0.4) is 0 Å². The number of carbonyl (C=O) groups excluding carboxylic acids is 2. The van der Waals surface area contributed by atoms with Crippen molar-refractivity contribution >= 4 is 46.3 Å². The van der Waals surface area contributed by atoms with Crippen molar-refractivity contribution in [1.82, 2.24) is 0 Å². The van der Waals surface area contributed by atoms with Gasteiger partial charge in [0, 0.05) is 33.0 Å². The Morgan fingerprint density at radius 1 is 0.852 bits per heavy atom. The van der Waals surface area contributed by atoms with Crippen LogP contribution in [-0.2, 0) is 0 Å². The molecule has 0 bridgehead atoms. The summed E-state index contributed by atoms with van der Waals surface area (Å²) in [7, 11) is 2.03. The number of fused-ring (bicyclic) bond motifs is 3. The molecule has 1 heterocycles. The normalized spacial score (nSPS) is 17.6. The minimum atomic E-state index is -0.785. The number of anilines is 2. The summed E-state index contributed by atoms with van der Waals surface area (Å²) in [5.74, 6) is -1.11. The lowest BCUT2D eigenvalue weighted by molar-refractivity contribution is 0.0890. The first-order valence-corrected chi connectivity index (χ1v) is 9.76. The van der Waals surface area contributed by atoms with Gasteiger partial charge in [0.2, 0.25) is 0 Å². The second-order valence-corrected chi connectivity index (χ2v) is 8.23. The molecule has 5 rings (SSSR count). The van der Waals surface area contributed by atoms with Gasteiger partial charge >= 0.3 is 0 Å². The summed E-state index contributed by atoms with van der Waals surface area (Å²) in [6.45, 7) is 0. The van der Waals surface area contributed by atoms with Gasteiger partial charge in [-0.1, -0.05) is 41.6 Å². The van der Waals surface area contributed by atoms with Crippen LogP contribution in [0.4, 0.5) is 11.4 Å². The van der Waals surface area contributed by atoms with Gasteiger partial charge in [-0.2, -0.15) is 0 Å². The molecular formula is C22H14ClNO2S. The van der Waals surface area contributed by atoms with E-state index in [2.05, 4.69) is 17.0 Å². The third-order valence-electron chi connectivity index (χ3n) is 5.16. The molecule has 0 spiro atoms. The Labute approximate surface area is 166 Å². The summed E-state index contributed by atoms with van der Waals surface area (Å²) in [6, 6.07) is 18.9. The van der Waals surface area contributed by atoms with E-state index in [0.717, 1.165) is 26.7 Å². The molecule has 0 amide bonds. The van der Waals surface area contributed by atoms with E-state index in [1.807, 2.05) is 37.4 Å². The highest BCUT2D eigenvalue weighted by atomic mass is 35.5. The number of ketones is 2. The Morgan fingerprint density at radius 2 is 1.59 bits per heavy atom. The molecule has 3 nitrogen and oxygen atoms in total. The van der Waals surface area contributed by atoms with Crippen molar-refractivity contribution in [3.05, 3.63) is 82.4 Å². The van der Waals surface area contributed by atoms with Crippen molar-refractivity contribution in [3.8, 4) is 0 Å². The zero-order valence-electron chi connectivity index (χ0n) is 14.4. The van der Waals surface area contributed by atoms with Crippen molar-refractivity contribution in [2.75, 3.05) is 11.9 Å². The van der Waals surface area contributed by atoms with Crippen molar-refractivity contribution in [2.45, 2.75) is 15.7 Å². The maximum atomic E-state index is 12.9. The van der Waals surface area contributed by atoms with Crippen LogP contribution in [0, 0.1) is 0 Å². The van der Waals surface area contributed by atoms with Crippen LogP contribution >= 0.6 is 23.4 Å². The average Bonchev–Trinajstić information content (AvgIpc) is 2.91. The smallest absolute Gasteiger partial charge is 0.178 e. The fourth-order valence-electron chi connectivity index (χ4n) is 3.81. The summed E-state index contributed by atoms with van der Waals surface area (Å²) in [5, 5.41) is 0.467. The lowest BCUT2D eigenvalue weighted by atomic mass is 9.94. The van der Waals surface area contributed by atoms with Gasteiger partial charge in [0.05, 0.1) is 11.4 Å². The molecule has 0 radical (unpaired) electrons. The van der Waals surface area contributed by atoms with Gasteiger partial charge < -0.3 is 4.90 Å². The fraction of sp³-hybridized carbons (Fsp3) is 0.0909. The first-order valence-electron chi connectivity index (χ1n) is 8.57. The van der Waals surface area contributed by atoms with Crippen LogP contribution in [0.15, 0.2) is 70.5 Å². The van der Waals surface area contributed by atoms with E-state index in [9.17, 15) is 9.59 Å². The monoisotopic (exact) mass is 391 g/mol. The highest BCUT2D eigenvalue weighted by Gasteiger charge is 2.40. The van der Waals surface area contributed by atoms with E-state index >= 15 is 0 Å². The molecule has 0 N–H and O–H groups in total. The largest absolute Gasteiger partial charge is 0.343 e. The highest BCUT2D eigenvalue weighted by molar-refractivity contribution is 7.99. The summed E-state index contributed by atoms with van der Waals surface area (Å²) in [4.78, 5) is 30.1. The van der Waals surface area contributed by atoms with Gasteiger partial charge in [-0.3, -0.25) is 9.59 Å². The Bertz CT molecular complexity index is 1140. The fourth-order valence-corrected chi connectivity index (χ4v) is 5.18. The maximum absolute atomic E-state index is 12.9. The highest BCUT2D eigenvalue weighted by Crippen LogP contribution is 2.48. The number of para-hydroxylation sites is 1. The Balaban J connectivity index is 1.58. The lowest BCUT2D eigenvalue weighted by Crippen LogP contribution is -2.16. The number of hydrogen-bond donors (Lipinski definition) is 0. The molecule has 1 unspecified atom stereocenters. The number of rotatable bonds is 1. The van der Waals surface area contributed by atoms with Crippen molar-refractivity contribution < 1.29 is 9.59 Å². The molecule has 0 saturated heterocycles. The molecule has 5 heteroatoms. The molecule has 3 aromatic rings. The lowest BCUT2D eigenvalue weighted by Gasteiger charge is -2.30. The predicted octanol–water partition coefficient (Wildman–Crippen LogP) is 5.74. The molecule has 0 aromatic heterocycles. The van der Waals surface area contributed by atoms with Crippen LogP contribution in [0.5, 0.6) is 0 Å². The second kappa shape index (κ2) is 5.98. The van der Waals surface area contributed by atoms with Crippen LogP contribution in [0.2, 0.25) is 5.02 Å². The number of benzene rings is 3. The number of halogens is 1. The molecule has 1 aliphatic heterocycles. The molecule has 1 atom stereocenters. The SMILES string of the molecule is CN1c2ccccc2Sc2cc(C3C(=O)c4ccc(Cl)cc4C3=O)ccc21. The van der Waals surface area contributed by atoms with Crippen molar-refractivity contribution in [1.29, 1.82) is 0 Å². The topological polar surface area (TPSA) is 37.4 Å². The van der Waals surface area contributed by atoms with E-state index in [0.29, 0.717) is 16.1 Å². The summed E-state index contributed by atoms with van der Waals surface area (Å²) in [5.41, 5.74) is 3.84. The van der Waals surface area contributed by atoms with Crippen LogP contribution in [-0.4, -0.2) is 18.6 Å². The minimum absolute atomic E-state index is 0.152. The van der Waals surface area contributed by atoms with E-state index in [4.69, 9.17) is 11.6 Å². The first-order chi connectivity index (χ1) is 13.0. The zero-order chi connectivity index (χ0) is 18.7. The zero-order valence-corrected chi connectivity index (χ0v) is 16.0. The predicted molar refractivity (Wildman–Crippen MR) is 108 cm³/mol. The molecule has 3 aromatic carbocycles. The third kappa shape index (κ3) is 2.44. The van der Waals surface area contributed by atoms with Crippen LogP contribution in [0.1, 0.15) is 32.2 Å². The van der Waals surface area contributed by atoms with Gasteiger partial charge in [0.25, 0.3) is 0 Å². The number of nitrogens with zero attached hydrogens (tertiary/aromatic N) is 1. The Morgan fingerprint density at radius 3 is 2.44 bits per heavy atom.